The molecule has 0 fully saturated rings. The Labute approximate surface area is 143 Å². The fraction of sp³-hybridized carbons (Fsp3) is 0.0526. The van der Waals surface area contributed by atoms with Gasteiger partial charge >= 0.3 is 0 Å². The van der Waals surface area contributed by atoms with Gasteiger partial charge in [0.2, 0.25) is 0 Å². The zero-order chi connectivity index (χ0) is 17.2. The minimum atomic E-state index is 0.0934. The van der Waals surface area contributed by atoms with Crippen LogP contribution in [0.15, 0.2) is 59.6 Å². The number of hydrogen-bond acceptors (Lipinski definition) is 4. The number of H-pyrrole nitrogens is 2. The largest absolute Gasteiger partial charge is 0.497 e. The van der Waals surface area contributed by atoms with Crippen LogP contribution in [0.3, 0.4) is 0 Å². The summed E-state index contributed by atoms with van der Waals surface area (Å²) in [7, 11) is 1.64. The summed E-state index contributed by atoms with van der Waals surface area (Å²) < 4.78 is 5.16. The van der Waals surface area contributed by atoms with Crippen LogP contribution in [0.2, 0.25) is 0 Å². The normalized spacial score (nSPS) is 11.4. The van der Waals surface area contributed by atoms with E-state index >= 15 is 0 Å². The van der Waals surface area contributed by atoms with E-state index in [0.717, 1.165) is 27.9 Å². The molecule has 124 valence electrons. The highest BCUT2D eigenvalue weighted by molar-refractivity contribution is 6.02. The standard InChI is InChI=1S/C19H16N4O2/c1-25-13-8-6-12(7-9-13)17-10-18(23-22-17)20-11-15-14-4-2-3-5-16(14)21-19(15)24/h2-11,21,24H,1H3,(H,22,23). The molecule has 4 rings (SSSR count). The Hall–Kier alpha value is -3.54. The number of para-hydroxylation sites is 1. The van der Waals surface area contributed by atoms with Gasteiger partial charge in [0, 0.05) is 23.2 Å². The van der Waals surface area contributed by atoms with Gasteiger partial charge in [0.25, 0.3) is 0 Å². The van der Waals surface area contributed by atoms with E-state index < -0.39 is 0 Å². The summed E-state index contributed by atoms with van der Waals surface area (Å²) >= 11 is 0. The summed E-state index contributed by atoms with van der Waals surface area (Å²) in [4.78, 5) is 7.30. The average molecular weight is 332 g/mol. The second kappa shape index (κ2) is 6.16. The Morgan fingerprint density at radius 1 is 1.12 bits per heavy atom. The predicted molar refractivity (Wildman–Crippen MR) is 97.8 cm³/mol. The Bertz CT molecular complexity index is 1040. The minimum Gasteiger partial charge on any atom is -0.497 e. The molecular weight excluding hydrogens is 316 g/mol. The summed E-state index contributed by atoms with van der Waals surface area (Å²) in [6.07, 6.45) is 1.61. The molecule has 0 aliphatic carbocycles. The van der Waals surface area contributed by atoms with Crippen molar-refractivity contribution in [2.45, 2.75) is 0 Å². The van der Waals surface area contributed by atoms with Crippen molar-refractivity contribution < 1.29 is 9.84 Å². The number of nitrogens with zero attached hydrogens (tertiary/aromatic N) is 2. The molecular formula is C19H16N4O2. The van der Waals surface area contributed by atoms with Crippen LogP contribution in [-0.4, -0.2) is 33.6 Å². The number of hydrogen-bond donors (Lipinski definition) is 3. The molecule has 2 aromatic heterocycles. The fourth-order valence-electron chi connectivity index (χ4n) is 2.71. The van der Waals surface area contributed by atoms with E-state index in [0.29, 0.717) is 11.4 Å². The maximum absolute atomic E-state index is 10.1. The van der Waals surface area contributed by atoms with E-state index in [1.54, 1.807) is 13.3 Å². The zero-order valence-corrected chi connectivity index (χ0v) is 13.5. The van der Waals surface area contributed by atoms with Crippen molar-refractivity contribution in [3.05, 3.63) is 60.2 Å². The molecule has 6 heteroatoms. The van der Waals surface area contributed by atoms with Crippen LogP contribution < -0.4 is 4.74 Å². The highest BCUT2D eigenvalue weighted by Crippen LogP contribution is 2.27. The number of nitrogens with one attached hydrogen (secondary N) is 2. The van der Waals surface area contributed by atoms with E-state index in [1.165, 1.54) is 0 Å². The number of methoxy groups -OCH3 is 1. The first kappa shape index (κ1) is 15.0. The van der Waals surface area contributed by atoms with Crippen LogP contribution in [0.4, 0.5) is 5.82 Å². The molecule has 0 aliphatic rings. The van der Waals surface area contributed by atoms with Gasteiger partial charge in [0.15, 0.2) is 11.7 Å². The van der Waals surface area contributed by atoms with E-state index in [2.05, 4.69) is 20.2 Å². The number of benzene rings is 2. The maximum Gasteiger partial charge on any atom is 0.198 e. The van der Waals surface area contributed by atoms with Gasteiger partial charge in [-0.25, -0.2) is 4.99 Å². The summed E-state index contributed by atoms with van der Waals surface area (Å²) in [6.45, 7) is 0. The average Bonchev–Trinajstić information content (AvgIpc) is 3.24. The van der Waals surface area contributed by atoms with E-state index in [1.807, 2.05) is 54.6 Å². The molecule has 2 aromatic carbocycles. The van der Waals surface area contributed by atoms with Gasteiger partial charge in [-0.3, -0.25) is 5.10 Å². The van der Waals surface area contributed by atoms with Crippen molar-refractivity contribution in [2.75, 3.05) is 7.11 Å². The molecule has 0 amide bonds. The smallest absolute Gasteiger partial charge is 0.198 e. The molecule has 0 aliphatic heterocycles. The lowest BCUT2D eigenvalue weighted by Gasteiger charge is -2.00. The molecule has 6 nitrogen and oxygen atoms in total. The molecule has 0 atom stereocenters. The summed E-state index contributed by atoms with van der Waals surface area (Å²) in [5.41, 5.74) is 3.36. The van der Waals surface area contributed by atoms with Crippen molar-refractivity contribution in [2.24, 2.45) is 4.99 Å². The highest BCUT2D eigenvalue weighted by atomic mass is 16.5. The highest BCUT2D eigenvalue weighted by Gasteiger charge is 2.08. The van der Waals surface area contributed by atoms with E-state index in [-0.39, 0.29) is 5.88 Å². The number of aromatic amines is 2. The fourth-order valence-corrected chi connectivity index (χ4v) is 2.71. The SMILES string of the molecule is COc1ccc(-c2cc(N=Cc3c(O)[nH]c4ccccc34)n[nH]2)cc1. The van der Waals surface area contributed by atoms with Crippen molar-refractivity contribution in [1.29, 1.82) is 0 Å². The lowest BCUT2D eigenvalue weighted by molar-refractivity contribution is 0.415. The second-order valence-electron chi connectivity index (χ2n) is 5.56. The van der Waals surface area contributed by atoms with Gasteiger partial charge in [-0.2, -0.15) is 5.10 Å². The van der Waals surface area contributed by atoms with Crippen LogP contribution in [-0.2, 0) is 0 Å². The molecule has 25 heavy (non-hydrogen) atoms. The maximum atomic E-state index is 10.1. The topological polar surface area (TPSA) is 86.3 Å². The van der Waals surface area contributed by atoms with Gasteiger partial charge in [-0.05, 0) is 35.9 Å². The summed E-state index contributed by atoms with van der Waals surface area (Å²) in [5, 5.41) is 18.1. The monoisotopic (exact) mass is 332 g/mol. The molecule has 0 saturated heterocycles. The summed E-state index contributed by atoms with van der Waals surface area (Å²) in [6, 6.07) is 17.2. The Morgan fingerprint density at radius 3 is 2.72 bits per heavy atom. The second-order valence-corrected chi connectivity index (χ2v) is 5.56. The van der Waals surface area contributed by atoms with E-state index in [4.69, 9.17) is 4.74 Å². The lowest BCUT2D eigenvalue weighted by Crippen LogP contribution is -1.82. The predicted octanol–water partition coefficient (Wildman–Crippen LogP) is 4.02. The molecule has 0 unspecified atom stereocenters. The van der Waals surface area contributed by atoms with Crippen molar-refractivity contribution in [3.63, 3.8) is 0 Å². The molecule has 3 N–H and O–H groups in total. The molecule has 0 saturated carbocycles. The molecule has 0 radical (unpaired) electrons. The van der Waals surface area contributed by atoms with Crippen LogP contribution in [0.5, 0.6) is 11.6 Å². The number of rotatable bonds is 4. The molecule has 2 heterocycles. The van der Waals surface area contributed by atoms with Gasteiger partial charge < -0.3 is 14.8 Å². The summed E-state index contributed by atoms with van der Waals surface area (Å²) in [5.74, 6) is 1.43. The van der Waals surface area contributed by atoms with Gasteiger partial charge in [0.05, 0.1) is 18.4 Å². The Morgan fingerprint density at radius 2 is 1.92 bits per heavy atom. The number of aromatic hydroxyl groups is 1. The molecule has 0 bridgehead atoms. The first-order valence-corrected chi connectivity index (χ1v) is 7.78. The lowest BCUT2D eigenvalue weighted by atomic mass is 10.1. The molecule has 4 aromatic rings. The first-order chi connectivity index (χ1) is 12.2. The Kier molecular flexibility index (Phi) is 3.70. The van der Waals surface area contributed by atoms with Crippen LogP contribution in [0.1, 0.15) is 5.56 Å². The van der Waals surface area contributed by atoms with E-state index in [9.17, 15) is 5.11 Å². The first-order valence-electron chi connectivity index (χ1n) is 7.78. The number of aromatic nitrogens is 3. The number of fused-ring (bicyclic) bond motifs is 1. The van der Waals surface area contributed by atoms with Crippen molar-refractivity contribution >= 4 is 22.9 Å². The van der Waals surface area contributed by atoms with Gasteiger partial charge in [-0.15, -0.1) is 0 Å². The minimum absolute atomic E-state index is 0.0934. The van der Waals surface area contributed by atoms with Crippen LogP contribution >= 0.6 is 0 Å². The Balaban J connectivity index is 1.61. The van der Waals surface area contributed by atoms with Crippen LogP contribution in [0.25, 0.3) is 22.2 Å². The van der Waals surface area contributed by atoms with Crippen LogP contribution in [0, 0.1) is 0 Å². The zero-order valence-electron chi connectivity index (χ0n) is 13.5. The van der Waals surface area contributed by atoms with Gasteiger partial charge in [-0.1, -0.05) is 18.2 Å². The van der Waals surface area contributed by atoms with Crippen molar-refractivity contribution in [1.82, 2.24) is 15.2 Å². The number of aliphatic imine (C=N–C) groups is 1. The van der Waals surface area contributed by atoms with Crippen molar-refractivity contribution in [3.8, 4) is 22.9 Å². The third-order valence-corrected chi connectivity index (χ3v) is 4.02. The quantitative estimate of drug-likeness (QED) is 0.493. The molecule has 0 spiro atoms. The third kappa shape index (κ3) is 2.85. The third-order valence-electron chi connectivity index (χ3n) is 4.02. The van der Waals surface area contributed by atoms with Gasteiger partial charge in [0.1, 0.15) is 5.75 Å². The number of ether oxygens (including phenoxy) is 1.